The lowest BCUT2D eigenvalue weighted by Crippen LogP contribution is -2.40. The Bertz CT molecular complexity index is 979. The third kappa shape index (κ3) is 8.46. The molecule has 1 aliphatic heterocycles. The molecule has 3 rings (SSSR count). The largest absolute Gasteiger partial charge is 0.493 e. The number of hydrogen-bond donors (Lipinski definition) is 1. The molecule has 2 heterocycles. The molecular formula is C26H37N5O5. The first-order valence-corrected chi connectivity index (χ1v) is 12.4. The Labute approximate surface area is 212 Å². The third-order valence-electron chi connectivity index (χ3n) is 6.09. The van der Waals surface area contributed by atoms with Crippen molar-refractivity contribution in [2.75, 3.05) is 66.7 Å². The van der Waals surface area contributed by atoms with Crippen molar-refractivity contribution in [2.45, 2.75) is 26.2 Å². The van der Waals surface area contributed by atoms with Crippen molar-refractivity contribution in [1.29, 1.82) is 0 Å². The molecule has 0 atom stereocenters. The third-order valence-corrected chi connectivity index (χ3v) is 6.09. The number of hydrogen-bond acceptors (Lipinski definition) is 8. The number of amides is 2. The molecule has 0 spiro atoms. The van der Waals surface area contributed by atoms with Gasteiger partial charge in [0.15, 0.2) is 11.5 Å². The predicted molar refractivity (Wildman–Crippen MR) is 135 cm³/mol. The monoisotopic (exact) mass is 499 g/mol. The van der Waals surface area contributed by atoms with Gasteiger partial charge in [-0.15, -0.1) is 0 Å². The maximum absolute atomic E-state index is 13.1. The highest BCUT2D eigenvalue weighted by Gasteiger charge is 2.19. The number of methoxy groups -OCH3 is 2. The van der Waals surface area contributed by atoms with Gasteiger partial charge in [0.1, 0.15) is 5.69 Å². The number of aryl methyl sites for hydroxylation is 1. The lowest BCUT2D eigenvalue weighted by Gasteiger charge is -2.28. The van der Waals surface area contributed by atoms with E-state index in [0.717, 1.165) is 50.5 Å². The summed E-state index contributed by atoms with van der Waals surface area (Å²) in [6, 6.07) is 5.71. The van der Waals surface area contributed by atoms with Crippen molar-refractivity contribution in [3.05, 3.63) is 47.5 Å². The fraction of sp³-hybridized carbons (Fsp3) is 0.538. The Kier molecular flexibility index (Phi) is 10.9. The lowest BCUT2D eigenvalue weighted by atomic mass is 10.1. The number of carbonyl (C=O) groups excluding carboxylic acids is 2. The summed E-state index contributed by atoms with van der Waals surface area (Å²) in [6.45, 7) is 7.35. The quantitative estimate of drug-likeness (QED) is 0.444. The second-order valence-electron chi connectivity index (χ2n) is 8.68. The van der Waals surface area contributed by atoms with Crippen molar-refractivity contribution in [2.24, 2.45) is 0 Å². The van der Waals surface area contributed by atoms with E-state index in [4.69, 9.17) is 14.2 Å². The average Bonchev–Trinajstić information content (AvgIpc) is 2.91. The van der Waals surface area contributed by atoms with Crippen LogP contribution in [0.5, 0.6) is 11.5 Å². The van der Waals surface area contributed by atoms with Crippen LogP contribution in [0.25, 0.3) is 0 Å². The summed E-state index contributed by atoms with van der Waals surface area (Å²) in [6.07, 6.45) is 4.77. The molecule has 0 saturated carbocycles. The SMILES string of the molecule is COc1ccc(CCNC(=O)CCN(CCCN2CCOCC2)C(=O)c2cnc(C)cn2)cc1OC. The maximum Gasteiger partial charge on any atom is 0.274 e. The summed E-state index contributed by atoms with van der Waals surface area (Å²) in [5.41, 5.74) is 2.07. The minimum absolute atomic E-state index is 0.101. The lowest BCUT2D eigenvalue weighted by molar-refractivity contribution is -0.121. The molecule has 36 heavy (non-hydrogen) atoms. The zero-order chi connectivity index (χ0) is 25.8. The standard InChI is InChI=1S/C26H37N5O5/c1-20-18-29-22(19-28-20)26(33)31(11-4-10-30-13-15-36-16-14-30)12-8-25(32)27-9-7-21-5-6-23(34-2)24(17-21)35-3/h5-6,17-19H,4,7-16H2,1-3H3,(H,27,32). The molecule has 0 unspecified atom stereocenters. The van der Waals surface area contributed by atoms with E-state index in [2.05, 4.69) is 20.2 Å². The molecule has 1 fully saturated rings. The molecule has 0 aliphatic carbocycles. The Balaban J connectivity index is 1.50. The average molecular weight is 500 g/mol. The normalized spacial score (nSPS) is 13.8. The molecule has 1 saturated heterocycles. The van der Waals surface area contributed by atoms with Crippen LogP contribution in [0.2, 0.25) is 0 Å². The van der Waals surface area contributed by atoms with Gasteiger partial charge in [-0.3, -0.25) is 19.5 Å². The molecule has 196 valence electrons. The topological polar surface area (TPSA) is 106 Å². The molecule has 0 radical (unpaired) electrons. The number of benzene rings is 1. The van der Waals surface area contributed by atoms with E-state index in [1.54, 1.807) is 25.3 Å². The molecule has 10 heteroatoms. The van der Waals surface area contributed by atoms with Gasteiger partial charge >= 0.3 is 0 Å². The highest BCUT2D eigenvalue weighted by atomic mass is 16.5. The number of rotatable bonds is 13. The van der Waals surface area contributed by atoms with Crippen molar-refractivity contribution in [3.8, 4) is 11.5 Å². The molecule has 0 bridgehead atoms. The second kappa shape index (κ2) is 14.4. The number of nitrogens with zero attached hydrogens (tertiary/aromatic N) is 4. The van der Waals surface area contributed by atoms with Gasteiger partial charge in [-0.2, -0.15) is 0 Å². The number of aromatic nitrogens is 2. The van der Waals surface area contributed by atoms with Crippen LogP contribution in [0.3, 0.4) is 0 Å². The van der Waals surface area contributed by atoms with Crippen molar-refractivity contribution < 1.29 is 23.8 Å². The second-order valence-corrected chi connectivity index (χ2v) is 8.68. The fourth-order valence-corrected chi connectivity index (χ4v) is 4.00. The summed E-state index contributed by atoms with van der Waals surface area (Å²) >= 11 is 0. The molecule has 2 amide bonds. The molecule has 1 aromatic heterocycles. The molecule has 10 nitrogen and oxygen atoms in total. The number of nitrogens with one attached hydrogen (secondary N) is 1. The van der Waals surface area contributed by atoms with E-state index in [1.807, 2.05) is 25.1 Å². The molecule has 1 aliphatic rings. The smallest absolute Gasteiger partial charge is 0.274 e. The number of morpholine rings is 1. The molecule has 1 aromatic carbocycles. The maximum atomic E-state index is 13.1. The van der Waals surface area contributed by atoms with Gasteiger partial charge in [0.25, 0.3) is 5.91 Å². The van der Waals surface area contributed by atoms with E-state index in [-0.39, 0.29) is 18.2 Å². The van der Waals surface area contributed by atoms with Gasteiger partial charge in [0.2, 0.25) is 5.91 Å². The highest BCUT2D eigenvalue weighted by molar-refractivity contribution is 5.92. The Morgan fingerprint density at radius 1 is 1.08 bits per heavy atom. The minimum Gasteiger partial charge on any atom is -0.493 e. The Morgan fingerprint density at radius 2 is 1.86 bits per heavy atom. The van der Waals surface area contributed by atoms with Crippen LogP contribution in [-0.2, 0) is 16.0 Å². The van der Waals surface area contributed by atoms with Crippen molar-refractivity contribution in [1.82, 2.24) is 25.1 Å². The van der Waals surface area contributed by atoms with E-state index in [0.29, 0.717) is 43.2 Å². The molecule has 1 N–H and O–H groups in total. The summed E-state index contributed by atoms with van der Waals surface area (Å²) < 4.78 is 16.0. The van der Waals surface area contributed by atoms with E-state index >= 15 is 0 Å². The Morgan fingerprint density at radius 3 is 2.56 bits per heavy atom. The van der Waals surface area contributed by atoms with E-state index < -0.39 is 0 Å². The van der Waals surface area contributed by atoms with E-state index in [9.17, 15) is 9.59 Å². The summed E-state index contributed by atoms with van der Waals surface area (Å²) in [5.74, 6) is 1.02. The molecular weight excluding hydrogens is 462 g/mol. The van der Waals surface area contributed by atoms with Crippen LogP contribution < -0.4 is 14.8 Å². The number of ether oxygens (including phenoxy) is 3. The predicted octanol–water partition coefficient (Wildman–Crippen LogP) is 1.72. The summed E-state index contributed by atoms with van der Waals surface area (Å²) in [4.78, 5) is 38.1. The molecule has 2 aromatic rings. The first-order valence-electron chi connectivity index (χ1n) is 12.4. The van der Waals surface area contributed by atoms with Gasteiger partial charge in [-0.1, -0.05) is 6.07 Å². The van der Waals surface area contributed by atoms with Crippen LogP contribution in [0, 0.1) is 6.92 Å². The van der Waals surface area contributed by atoms with Crippen molar-refractivity contribution in [3.63, 3.8) is 0 Å². The zero-order valence-corrected chi connectivity index (χ0v) is 21.5. The first-order chi connectivity index (χ1) is 17.5. The van der Waals surface area contributed by atoms with Gasteiger partial charge in [-0.25, -0.2) is 4.98 Å². The van der Waals surface area contributed by atoms with Crippen LogP contribution in [-0.4, -0.2) is 98.3 Å². The van der Waals surface area contributed by atoms with Crippen LogP contribution >= 0.6 is 0 Å². The van der Waals surface area contributed by atoms with E-state index in [1.165, 1.54) is 6.20 Å². The summed E-state index contributed by atoms with van der Waals surface area (Å²) in [5, 5.41) is 2.95. The minimum atomic E-state index is -0.206. The first kappa shape index (κ1) is 27.3. The van der Waals surface area contributed by atoms with Gasteiger partial charge in [-0.05, 0) is 37.5 Å². The van der Waals surface area contributed by atoms with Crippen LogP contribution in [0.15, 0.2) is 30.6 Å². The van der Waals surface area contributed by atoms with Gasteiger partial charge in [0.05, 0.1) is 39.3 Å². The summed E-state index contributed by atoms with van der Waals surface area (Å²) in [7, 11) is 3.19. The highest BCUT2D eigenvalue weighted by Crippen LogP contribution is 2.27. The van der Waals surface area contributed by atoms with Crippen LogP contribution in [0.1, 0.15) is 34.6 Å². The fourth-order valence-electron chi connectivity index (χ4n) is 4.00. The zero-order valence-electron chi connectivity index (χ0n) is 21.5. The Hall–Kier alpha value is -3.24. The van der Waals surface area contributed by atoms with Gasteiger partial charge in [0, 0.05) is 51.9 Å². The van der Waals surface area contributed by atoms with Crippen molar-refractivity contribution >= 4 is 11.8 Å². The number of carbonyl (C=O) groups is 2. The van der Waals surface area contributed by atoms with Crippen LogP contribution in [0.4, 0.5) is 0 Å². The van der Waals surface area contributed by atoms with Gasteiger partial charge < -0.3 is 24.4 Å².